The number of rotatable bonds is 5. The van der Waals surface area contributed by atoms with Crippen LogP contribution in [-0.4, -0.2) is 38.4 Å². The van der Waals surface area contributed by atoms with Crippen LogP contribution in [-0.2, 0) is 11.3 Å². The molecule has 0 radical (unpaired) electrons. The minimum absolute atomic E-state index is 0.125. The molecule has 6 heteroatoms. The zero-order valence-electron chi connectivity index (χ0n) is 12.5. The van der Waals surface area contributed by atoms with Gasteiger partial charge in [-0.3, -0.25) is 4.79 Å². The van der Waals surface area contributed by atoms with E-state index >= 15 is 0 Å². The number of carbonyl (C=O) groups excluding carboxylic acids is 1. The van der Waals surface area contributed by atoms with Gasteiger partial charge in [-0.25, -0.2) is 4.68 Å². The minimum Gasteiger partial charge on any atom is -0.338 e. The van der Waals surface area contributed by atoms with Crippen molar-refractivity contribution in [2.45, 2.75) is 64.6 Å². The van der Waals surface area contributed by atoms with Crippen LogP contribution in [0.1, 0.15) is 57.7 Å². The quantitative estimate of drug-likeness (QED) is 0.885. The highest BCUT2D eigenvalue weighted by Gasteiger charge is 2.24. The van der Waals surface area contributed by atoms with Gasteiger partial charge in [0.1, 0.15) is 6.54 Å². The van der Waals surface area contributed by atoms with Crippen molar-refractivity contribution < 1.29 is 4.79 Å². The van der Waals surface area contributed by atoms with Crippen LogP contribution in [0.25, 0.3) is 0 Å². The Morgan fingerprint density at radius 2 is 2.20 bits per heavy atom. The molecule has 1 unspecified atom stereocenters. The van der Waals surface area contributed by atoms with Crippen LogP contribution < -0.4 is 5.73 Å². The van der Waals surface area contributed by atoms with E-state index < -0.39 is 0 Å². The van der Waals surface area contributed by atoms with Gasteiger partial charge in [-0.1, -0.05) is 24.5 Å². The molecule has 1 amide bonds. The van der Waals surface area contributed by atoms with E-state index in [1.807, 2.05) is 18.7 Å². The largest absolute Gasteiger partial charge is 0.338 e. The summed E-state index contributed by atoms with van der Waals surface area (Å²) in [7, 11) is 0. The Morgan fingerprint density at radius 1 is 1.50 bits per heavy atom. The molecule has 20 heavy (non-hydrogen) atoms. The lowest BCUT2D eigenvalue weighted by molar-refractivity contribution is -0.134. The van der Waals surface area contributed by atoms with Gasteiger partial charge in [-0.15, -0.1) is 5.10 Å². The standard InChI is InChI=1S/C14H25N5O/c1-3-19(12-7-5-4-6-8-12)14(20)10-18-9-13(11(2)15)16-17-18/h9,11-12H,3-8,10,15H2,1-2H3. The van der Waals surface area contributed by atoms with Gasteiger partial charge < -0.3 is 10.6 Å². The number of nitrogens with two attached hydrogens (primary N) is 1. The van der Waals surface area contributed by atoms with Crippen molar-refractivity contribution in [3.8, 4) is 0 Å². The van der Waals surface area contributed by atoms with Crippen LogP contribution in [0.15, 0.2) is 6.20 Å². The van der Waals surface area contributed by atoms with Gasteiger partial charge in [0.15, 0.2) is 0 Å². The molecule has 0 aromatic carbocycles. The average molecular weight is 279 g/mol. The Hall–Kier alpha value is -1.43. The highest BCUT2D eigenvalue weighted by Crippen LogP contribution is 2.22. The summed E-state index contributed by atoms with van der Waals surface area (Å²) in [6, 6.07) is 0.247. The van der Waals surface area contributed by atoms with Crippen molar-refractivity contribution >= 4 is 5.91 Å². The van der Waals surface area contributed by atoms with Crippen molar-refractivity contribution in [1.82, 2.24) is 19.9 Å². The number of carbonyl (C=O) groups is 1. The lowest BCUT2D eigenvalue weighted by Crippen LogP contribution is -2.43. The van der Waals surface area contributed by atoms with Crippen molar-refractivity contribution in [3.05, 3.63) is 11.9 Å². The second kappa shape index (κ2) is 6.83. The number of likely N-dealkylation sites (N-methyl/N-ethyl adjacent to an activating group) is 1. The van der Waals surface area contributed by atoms with Crippen molar-refractivity contribution in [3.63, 3.8) is 0 Å². The molecule has 1 aromatic rings. The molecule has 2 N–H and O–H groups in total. The lowest BCUT2D eigenvalue weighted by atomic mass is 9.94. The molecule has 2 rings (SSSR count). The Balaban J connectivity index is 1.97. The second-order valence-electron chi connectivity index (χ2n) is 5.60. The Bertz CT molecular complexity index is 437. The normalized spacial score (nSPS) is 17.9. The molecule has 1 aromatic heterocycles. The van der Waals surface area contributed by atoms with Gasteiger partial charge in [0.25, 0.3) is 0 Å². The van der Waals surface area contributed by atoms with E-state index in [0.717, 1.165) is 25.1 Å². The fraction of sp³-hybridized carbons (Fsp3) is 0.786. The van der Waals surface area contributed by atoms with Gasteiger partial charge in [0, 0.05) is 18.6 Å². The topological polar surface area (TPSA) is 77.0 Å². The Kier molecular flexibility index (Phi) is 5.11. The number of hydrogen-bond acceptors (Lipinski definition) is 4. The van der Waals surface area contributed by atoms with E-state index in [9.17, 15) is 4.79 Å². The summed E-state index contributed by atoms with van der Waals surface area (Å²) in [4.78, 5) is 14.4. The van der Waals surface area contributed by atoms with Crippen LogP contribution >= 0.6 is 0 Å². The highest BCUT2D eigenvalue weighted by atomic mass is 16.2. The smallest absolute Gasteiger partial charge is 0.244 e. The van der Waals surface area contributed by atoms with Crippen molar-refractivity contribution in [2.24, 2.45) is 5.73 Å². The maximum atomic E-state index is 12.4. The molecule has 0 spiro atoms. The SMILES string of the molecule is CCN(C(=O)Cn1cc(C(C)N)nn1)C1CCCCC1. The lowest BCUT2D eigenvalue weighted by Gasteiger charge is -2.33. The Labute approximate surface area is 120 Å². The summed E-state index contributed by atoms with van der Waals surface area (Å²) in [5, 5.41) is 7.96. The zero-order chi connectivity index (χ0) is 14.5. The summed E-state index contributed by atoms with van der Waals surface area (Å²) in [5.74, 6) is 0.125. The van der Waals surface area contributed by atoms with Gasteiger partial charge in [0.05, 0.1) is 11.9 Å². The maximum Gasteiger partial charge on any atom is 0.244 e. The van der Waals surface area contributed by atoms with E-state index in [-0.39, 0.29) is 18.5 Å². The number of hydrogen-bond donors (Lipinski definition) is 1. The molecule has 1 heterocycles. The Morgan fingerprint density at radius 3 is 2.75 bits per heavy atom. The second-order valence-corrected chi connectivity index (χ2v) is 5.60. The molecule has 1 saturated carbocycles. The molecule has 0 bridgehead atoms. The number of aromatic nitrogens is 3. The average Bonchev–Trinajstić information content (AvgIpc) is 2.89. The predicted molar refractivity (Wildman–Crippen MR) is 76.9 cm³/mol. The molecule has 1 aliphatic carbocycles. The summed E-state index contributed by atoms with van der Waals surface area (Å²) >= 11 is 0. The molecule has 6 nitrogen and oxygen atoms in total. The molecular formula is C14H25N5O. The molecule has 1 atom stereocenters. The first-order chi connectivity index (χ1) is 9.61. The zero-order valence-corrected chi connectivity index (χ0v) is 12.5. The highest BCUT2D eigenvalue weighted by molar-refractivity contribution is 5.76. The van der Waals surface area contributed by atoms with Gasteiger partial charge in [0.2, 0.25) is 5.91 Å². The van der Waals surface area contributed by atoms with Gasteiger partial charge in [-0.05, 0) is 26.7 Å². The van der Waals surface area contributed by atoms with Gasteiger partial charge >= 0.3 is 0 Å². The molecular weight excluding hydrogens is 254 g/mol. The fourth-order valence-corrected chi connectivity index (χ4v) is 2.86. The third kappa shape index (κ3) is 3.56. The minimum atomic E-state index is -0.153. The first kappa shape index (κ1) is 15.0. The van der Waals surface area contributed by atoms with E-state index in [1.54, 1.807) is 10.9 Å². The maximum absolute atomic E-state index is 12.4. The van der Waals surface area contributed by atoms with Crippen LogP contribution in [0.3, 0.4) is 0 Å². The monoisotopic (exact) mass is 279 g/mol. The summed E-state index contributed by atoms with van der Waals surface area (Å²) in [6.07, 6.45) is 7.77. The van der Waals surface area contributed by atoms with Gasteiger partial charge in [-0.2, -0.15) is 0 Å². The summed E-state index contributed by atoms with van der Waals surface area (Å²) < 4.78 is 1.59. The predicted octanol–water partition coefficient (Wildman–Crippen LogP) is 1.48. The van der Waals surface area contributed by atoms with Crippen LogP contribution in [0.2, 0.25) is 0 Å². The fourth-order valence-electron chi connectivity index (χ4n) is 2.86. The van der Waals surface area contributed by atoms with Crippen molar-refractivity contribution in [2.75, 3.05) is 6.54 Å². The number of nitrogens with zero attached hydrogens (tertiary/aromatic N) is 4. The third-order valence-corrected chi connectivity index (χ3v) is 4.00. The van der Waals surface area contributed by atoms with E-state index in [4.69, 9.17) is 5.73 Å². The summed E-state index contributed by atoms with van der Waals surface area (Å²) in [5.41, 5.74) is 6.47. The van der Waals surface area contributed by atoms with E-state index in [2.05, 4.69) is 10.3 Å². The van der Waals surface area contributed by atoms with Crippen LogP contribution in [0.4, 0.5) is 0 Å². The molecule has 0 saturated heterocycles. The molecule has 0 aliphatic heterocycles. The first-order valence-electron chi connectivity index (χ1n) is 7.57. The molecule has 1 fully saturated rings. The number of amides is 1. The molecule has 112 valence electrons. The first-order valence-corrected chi connectivity index (χ1v) is 7.57. The van der Waals surface area contributed by atoms with Crippen LogP contribution in [0.5, 0.6) is 0 Å². The van der Waals surface area contributed by atoms with Crippen LogP contribution in [0, 0.1) is 0 Å². The van der Waals surface area contributed by atoms with E-state index in [1.165, 1.54) is 19.3 Å². The molecule has 1 aliphatic rings. The van der Waals surface area contributed by atoms with E-state index in [0.29, 0.717) is 6.04 Å². The third-order valence-electron chi connectivity index (χ3n) is 4.00. The summed E-state index contributed by atoms with van der Waals surface area (Å²) in [6.45, 7) is 4.92. The van der Waals surface area contributed by atoms with Crippen molar-refractivity contribution in [1.29, 1.82) is 0 Å².